The zero-order chi connectivity index (χ0) is 21.1. The highest BCUT2D eigenvalue weighted by Crippen LogP contribution is 2.31. The second-order valence-corrected chi connectivity index (χ2v) is 8.06. The van der Waals surface area contributed by atoms with E-state index in [1.165, 1.54) is 0 Å². The topological polar surface area (TPSA) is 59.1 Å². The predicted octanol–water partition coefficient (Wildman–Crippen LogP) is 3.09. The van der Waals surface area contributed by atoms with E-state index in [-0.39, 0.29) is 18.4 Å². The van der Waals surface area contributed by atoms with Gasteiger partial charge in [-0.1, -0.05) is 35.9 Å². The van der Waals surface area contributed by atoms with E-state index in [1.54, 1.807) is 11.0 Å². The zero-order valence-corrected chi connectivity index (χ0v) is 17.7. The van der Waals surface area contributed by atoms with Gasteiger partial charge in [-0.15, -0.1) is 0 Å². The molecule has 2 aliphatic heterocycles. The van der Waals surface area contributed by atoms with Gasteiger partial charge in [0, 0.05) is 37.6 Å². The first kappa shape index (κ1) is 20.5. The van der Waals surface area contributed by atoms with Crippen LogP contribution in [0.4, 0.5) is 0 Å². The molecule has 1 fully saturated rings. The number of nitrogens with zero attached hydrogens (tertiary/aromatic N) is 2. The van der Waals surface area contributed by atoms with E-state index in [2.05, 4.69) is 0 Å². The fourth-order valence-electron chi connectivity index (χ4n) is 3.72. The normalized spacial score (nSPS) is 18.3. The van der Waals surface area contributed by atoms with Gasteiger partial charge in [0.2, 0.25) is 12.0 Å². The molecule has 1 unspecified atom stereocenters. The van der Waals surface area contributed by atoms with Crippen LogP contribution in [-0.4, -0.2) is 60.5 Å². The van der Waals surface area contributed by atoms with E-state index >= 15 is 0 Å². The number of para-hydroxylation sites is 2. The van der Waals surface area contributed by atoms with Gasteiger partial charge in [-0.05, 0) is 42.7 Å². The second-order valence-electron chi connectivity index (χ2n) is 7.65. The van der Waals surface area contributed by atoms with Crippen molar-refractivity contribution in [3.8, 4) is 11.5 Å². The molecule has 0 bridgehead atoms. The third-order valence-electron chi connectivity index (χ3n) is 5.59. The molecule has 6 nitrogen and oxygen atoms in total. The Morgan fingerprint density at radius 3 is 2.47 bits per heavy atom. The van der Waals surface area contributed by atoms with Crippen LogP contribution in [0.2, 0.25) is 5.02 Å². The lowest BCUT2D eigenvalue weighted by Gasteiger charge is -2.37. The molecule has 0 saturated carbocycles. The zero-order valence-electron chi connectivity index (χ0n) is 17.0. The fraction of sp³-hybridized carbons (Fsp3) is 0.391. The molecule has 2 aromatic rings. The number of amides is 2. The number of rotatable bonds is 4. The Hall–Kier alpha value is -2.73. The van der Waals surface area contributed by atoms with Crippen LogP contribution in [0.3, 0.4) is 0 Å². The average molecular weight is 429 g/mol. The van der Waals surface area contributed by atoms with Crippen molar-refractivity contribution < 1.29 is 19.1 Å². The summed E-state index contributed by atoms with van der Waals surface area (Å²) in [4.78, 5) is 29.0. The van der Waals surface area contributed by atoms with Crippen molar-refractivity contribution in [1.82, 2.24) is 9.80 Å². The third kappa shape index (κ3) is 4.54. The average Bonchev–Trinajstić information content (AvgIpc) is 2.79. The van der Waals surface area contributed by atoms with Crippen molar-refractivity contribution in [1.29, 1.82) is 0 Å². The molecule has 0 aliphatic carbocycles. The molecule has 158 valence electrons. The van der Waals surface area contributed by atoms with Crippen LogP contribution in [-0.2, 0) is 16.0 Å². The van der Waals surface area contributed by atoms with Crippen LogP contribution in [0.25, 0.3) is 0 Å². The van der Waals surface area contributed by atoms with E-state index < -0.39 is 6.10 Å². The van der Waals surface area contributed by atoms with Gasteiger partial charge >= 0.3 is 0 Å². The van der Waals surface area contributed by atoms with Crippen LogP contribution in [0.15, 0.2) is 42.5 Å². The van der Waals surface area contributed by atoms with Crippen LogP contribution < -0.4 is 9.47 Å². The van der Waals surface area contributed by atoms with Crippen molar-refractivity contribution in [2.45, 2.75) is 25.9 Å². The maximum atomic E-state index is 12.8. The summed E-state index contributed by atoms with van der Waals surface area (Å²) in [7, 11) is 0. The molecule has 0 aromatic heterocycles. The summed E-state index contributed by atoms with van der Waals surface area (Å²) in [5.74, 6) is 1.26. The Bertz CT molecular complexity index is 941. The van der Waals surface area contributed by atoms with Crippen molar-refractivity contribution in [2.24, 2.45) is 0 Å². The first-order valence-electron chi connectivity index (χ1n) is 10.2. The SMILES string of the molecule is Cc1ccc(CCC(=O)N2CCN(C(=O)C3COc4ccccc4O3)CC2)cc1Cl. The van der Waals surface area contributed by atoms with Crippen molar-refractivity contribution >= 4 is 23.4 Å². The number of carbonyl (C=O) groups excluding carboxylic acids is 2. The molecule has 2 amide bonds. The number of aryl methyl sites for hydroxylation is 2. The number of ether oxygens (including phenoxy) is 2. The highest BCUT2D eigenvalue weighted by atomic mass is 35.5. The summed E-state index contributed by atoms with van der Waals surface area (Å²) >= 11 is 6.16. The van der Waals surface area contributed by atoms with Gasteiger partial charge in [0.1, 0.15) is 6.61 Å². The Morgan fingerprint density at radius 1 is 1.03 bits per heavy atom. The largest absolute Gasteiger partial charge is 0.485 e. The predicted molar refractivity (Wildman–Crippen MR) is 114 cm³/mol. The van der Waals surface area contributed by atoms with Crippen molar-refractivity contribution in [2.75, 3.05) is 32.8 Å². The Balaban J connectivity index is 1.25. The quantitative estimate of drug-likeness (QED) is 0.750. The van der Waals surface area contributed by atoms with Gasteiger partial charge in [-0.2, -0.15) is 0 Å². The van der Waals surface area contributed by atoms with Gasteiger partial charge in [-0.25, -0.2) is 0 Å². The summed E-state index contributed by atoms with van der Waals surface area (Å²) < 4.78 is 11.5. The molecule has 2 aromatic carbocycles. The number of halogens is 1. The summed E-state index contributed by atoms with van der Waals surface area (Å²) in [5.41, 5.74) is 2.09. The molecule has 30 heavy (non-hydrogen) atoms. The lowest BCUT2D eigenvalue weighted by molar-refractivity contribution is -0.146. The number of hydrogen-bond acceptors (Lipinski definition) is 4. The summed E-state index contributed by atoms with van der Waals surface area (Å²) in [6.07, 6.45) is 0.447. The van der Waals surface area contributed by atoms with Gasteiger partial charge < -0.3 is 19.3 Å². The molecule has 1 atom stereocenters. The molecule has 1 saturated heterocycles. The lowest BCUT2D eigenvalue weighted by Crippen LogP contribution is -2.55. The highest BCUT2D eigenvalue weighted by molar-refractivity contribution is 6.31. The Morgan fingerprint density at radius 2 is 1.73 bits per heavy atom. The molecule has 0 radical (unpaired) electrons. The van der Waals surface area contributed by atoms with Crippen LogP contribution in [0.5, 0.6) is 11.5 Å². The molecule has 2 aliphatic rings. The van der Waals surface area contributed by atoms with E-state index in [0.29, 0.717) is 50.5 Å². The van der Waals surface area contributed by atoms with E-state index in [4.69, 9.17) is 21.1 Å². The Kier molecular flexibility index (Phi) is 6.13. The maximum Gasteiger partial charge on any atom is 0.267 e. The first-order chi connectivity index (χ1) is 14.5. The van der Waals surface area contributed by atoms with Gasteiger partial charge in [-0.3, -0.25) is 9.59 Å². The van der Waals surface area contributed by atoms with Crippen LogP contribution >= 0.6 is 11.6 Å². The lowest BCUT2D eigenvalue weighted by atomic mass is 10.1. The number of carbonyl (C=O) groups is 2. The molecule has 2 heterocycles. The summed E-state index contributed by atoms with van der Waals surface area (Å²) in [6, 6.07) is 13.2. The molecular weight excluding hydrogens is 404 g/mol. The van der Waals surface area contributed by atoms with Crippen LogP contribution in [0.1, 0.15) is 17.5 Å². The molecule has 7 heteroatoms. The highest BCUT2D eigenvalue weighted by Gasteiger charge is 2.33. The van der Waals surface area contributed by atoms with E-state index in [1.807, 2.05) is 48.2 Å². The maximum absolute atomic E-state index is 12.8. The smallest absolute Gasteiger partial charge is 0.267 e. The van der Waals surface area contributed by atoms with Gasteiger partial charge in [0.05, 0.1) is 0 Å². The third-order valence-corrected chi connectivity index (χ3v) is 6.00. The van der Waals surface area contributed by atoms with Gasteiger partial charge in [0.15, 0.2) is 11.5 Å². The number of fused-ring (bicyclic) bond motifs is 1. The minimum Gasteiger partial charge on any atom is -0.485 e. The first-order valence-corrected chi connectivity index (χ1v) is 10.6. The second kappa shape index (κ2) is 8.96. The molecule has 0 N–H and O–H groups in total. The minimum absolute atomic E-state index is 0.0918. The fourth-order valence-corrected chi connectivity index (χ4v) is 3.93. The number of benzene rings is 2. The number of hydrogen-bond donors (Lipinski definition) is 0. The summed E-state index contributed by atoms with van der Waals surface area (Å²) in [5, 5.41) is 0.726. The molecular formula is C23H25ClN2O4. The number of piperazine rings is 1. The molecule has 0 spiro atoms. The van der Waals surface area contributed by atoms with Crippen molar-refractivity contribution in [3.05, 3.63) is 58.6 Å². The van der Waals surface area contributed by atoms with Crippen LogP contribution in [0, 0.1) is 6.92 Å². The van der Waals surface area contributed by atoms with Gasteiger partial charge in [0.25, 0.3) is 5.91 Å². The minimum atomic E-state index is -0.645. The van der Waals surface area contributed by atoms with Crippen molar-refractivity contribution in [3.63, 3.8) is 0 Å². The van der Waals surface area contributed by atoms with E-state index in [9.17, 15) is 9.59 Å². The monoisotopic (exact) mass is 428 g/mol. The summed E-state index contributed by atoms with van der Waals surface area (Å²) in [6.45, 7) is 4.23. The van der Waals surface area contributed by atoms with E-state index in [0.717, 1.165) is 16.1 Å². The Labute approximate surface area is 181 Å². The molecule has 4 rings (SSSR count). The standard InChI is InChI=1S/C23H25ClN2O4/c1-16-6-7-17(14-18(16)24)8-9-22(27)25-10-12-26(13-11-25)23(28)21-15-29-19-4-2-3-5-20(19)30-21/h2-7,14,21H,8-13,15H2,1H3.